The van der Waals surface area contributed by atoms with Crippen LogP contribution in [0.4, 0.5) is 10.1 Å². The summed E-state index contributed by atoms with van der Waals surface area (Å²) in [5.74, 6) is -0.700. The molecular weight excluding hydrogens is 293 g/mol. The van der Waals surface area contributed by atoms with E-state index in [4.69, 9.17) is 10.5 Å². The second kappa shape index (κ2) is 4.54. The minimum absolute atomic E-state index is 0.0163. The first-order chi connectivity index (χ1) is 8.08. The van der Waals surface area contributed by atoms with E-state index in [0.717, 1.165) is 12.4 Å². The Bertz CT molecular complexity index is 615. The van der Waals surface area contributed by atoms with Gasteiger partial charge in [0, 0.05) is 11.8 Å². The molecular formula is C10H7BrFN3O2. The molecule has 0 saturated carbocycles. The van der Waals surface area contributed by atoms with Crippen LogP contribution in [0.25, 0.3) is 0 Å². The van der Waals surface area contributed by atoms with E-state index in [1.165, 1.54) is 12.1 Å². The molecule has 0 bridgehead atoms. The fourth-order valence-electron chi connectivity index (χ4n) is 1.14. The van der Waals surface area contributed by atoms with Gasteiger partial charge in [0.25, 0.3) is 5.56 Å². The molecule has 5 nitrogen and oxygen atoms in total. The maximum atomic E-state index is 13.4. The number of H-pyrrole nitrogens is 1. The Labute approximate surface area is 104 Å². The van der Waals surface area contributed by atoms with Crippen LogP contribution in [-0.4, -0.2) is 9.97 Å². The van der Waals surface area contributed by atoms with Crippen molar-refractivity contribution >= 4 is 21.6 Å². The zero-order valence-electron chi connectivity index (χ0n) is 8.41. The molecule has 0 aliphatic heterocycles. The second-order valence-corrected chi connectivity index (χ2v) is 3.94. The molecule has 0 fully saturated rings. The summed E-state index contributed by atoms with van der Waals surface area (Å²) in [6.45, 7) is 0. The number of halogens is 2. The fourth-order valence-corrected chi connectivity index (χ4v) is 1.44. The zero-order chi connectivity index (χ0) is 12.4. The highest BCUT2D eigenvalue weighted by molar-refractivity contribution is 9.10. The molecule has 0 saturated heterocycles. The Morgan fingerprint density at radius 2 is 2.24 bits per heavy atom. The van der Waals surface area contributed by atoms with E-state index >= 15 is 0 Å². The van der Waals surface area contributed by atoms with Crippen molar-refractivity contribution < 1.29 is 9.13 Å². The highest BCUT2D eigenvalue weighted by Gasteiger charge is 2.10. The Balaban J connectivity index is 2.38. The quantitative estimate of drug-likeness (QED) is 0.832. The van der Waals surface area contributed by atoms with Crippen LogP contribution < -0.4 is 16.0 Å². The molecule has 1 heterocycles. The van der Waals surface area contributed by atoms with Crippen LogP contribution in [0, 0.1) is 5.82 Å². The molecule has 17 heavy (non-hydrogen) atoms. The number of nitrogen functional groups attached to an aromatic ring is 1. The van der Waals surface area contributed by atoms with Gasteiger partial charge < -0.3 is 15.5 Å². The van der Waals surface area contributed by atoms with E-state index in [0.29, 0.717) is 0 Å². The van der Waals surface area contributed by atoms with Crippen LogP contribution in [0.2, 0.25) is 0 Å². The first-order valence-corrected chi connectivity index (χ1v) is 5.33. The van der Waals surface area contributed by atoms with Gasteiger partial charge in [-0.25, -0.2) is 9.37 Å². The zero-order valence-corrected chi connectivity index (χ0v) is 9.99. The number of aromatic nitrogens is 2. The van der Waals surface area contributed by atoms with E-state index in [9.17, 15) is 9.18 Å². The molecule has 88 valence electrons. The molecule has 0 amide bonds. The molecule has 1 aromatic heterocycles. The van der Waals surface area contributed by atoms with Crippen LogP contribution in [0.15, 0.2) is 33.8 Å². The van der Waals surface area contributed by atoms with E-state index < -0.39 is 11.4 Å². The summed E-state index contributed by atoms with van der Waals surface area (Å²) in [7, 11) is 0. The van der Waals surface area contributed by atoms with Crippen molar-refractivity contribution in [1.29, 1.82) is 0 Å². The van der Waals surface area contributed by atoms with Gasteiger partial charge in [-0.05, 0) is 28.1 Å². The summed E-state index contributed by atoms with van der Waals surface area (Å²) < 4.78 is 18.7. The highest BCUT2D eigenvalue weighted by atomic mass is 79.9. The van der Waals surface area contributed by atoms with Gasteiger partial charge in [0.2, 0.25) is 5.88 Å². The number of nitrogens with one attached hydrogen (secondary N) is 1. The SMILES string of the molecule is Nc1ccc(Oc2nc[nH]c(=O)c2Br)c(F)c1. The van der Waals surface area contributed by atoms with Crippen molar-refractivity contribution in [3.05, 3.63) is 45.2 Å². The molecule has 3 N–H and O–H groups in total. The predicted molar refractivity (Wildman–Crippen MR) is 63.4 cm³/mol. The summed E-state index contributed by atoms with van der Waals surface area (Å²) >= 11 is 3.00. The summed E-state index contributed by atoms with van der Waals surface area (Å²) in [4.78, 5) is 17.4. The van der Waals surface area contributed by atoms with E-state index in [1.807, 2.05) is 0 Å². The van der Waals surface area contributed by atoms with Gasteiger partial charge in [-0.15, -0.1) is 0 Å². The van der Waals surface area contributed by atoms with Gasteiger partial charge in [-0.3, -0.25) is 4.79 Å². The highest BCUT2D eigenvalue weighted by Crippen LogP contribution is 2.27. The summed E-state index contributed by atoms with van der Waals surface area (Å²) in [5.41, 5.74) is 5.27. The Morgan fingerprint density at radius 1 is 1.47 bits per heavy atom. The second-order valence-electron chi connectivity index (χ2n) is 3.14. The summed E-state index contributed by atoms with van der Waals surface area (Å²) in [6.07, 6.45) is 1.16. The number of anilines is 1. The molecule has 2 aromatic rings. The smallest absolute Gasteiger partial charge is 0.268 e. The van der Waals surface area contributed by atoms with E-state index in [-0.39, 0.29) is 21.8 Å². The van der Waals surface area contributed by atoms with Crippen LogP contribution in [0.1, 0.15) is 0 Å². The lowest BCUT2D eigenvalue weighted by molar-refractivity contribution is 0.423. The Morgan fingerprint density at radius 3 is 2.94 bits per heavy atom. The van der Waals surface area contributed by atoms with Crippen molar-refractivity contribution in [2.45, 2.75) is 0 Å². The number of rotatable bonds is 2. The third-order valence-corrected chi connectivity index (χ3v) is 2.63. The maximum absolute atomic E-state index is 13.4. The third-order valence-electron chi connectivity index (χ3n) is 1.93. The first-order valence-electron chi connectivity index (χ1n) is 4.54. The van der Waals surface area contributed by atoms with Crippen LogP contribution >= 0.6 is 15.9 Å². The van der Waals surface area contributed by atoms with Gasteiger partial charge in [0.1, 0.15) is 4.47 Å². The van der Waals surface area contributed by atoms with Gasteiger partial charge >= 0.3 is 0 Å². The first kappa shape index (κ1) is 11.6. The Kier molecular flexibility index (Phi) is 3.10. The molecule has 0 atom stereocenters. The van der Waals surface area contributed by atoms with Gasteiger partial charge in [-0.1, -0.05) is 0 Å². The van der Waals surface area contributed by atoms with Crippen LogP contribution in [0.5, 0.6) is 11.6 Å². The normalized spacial score (nSPS) is 10.2. The van der Waals surface area contributed by atoms with Gasteiger partial charge in [0.15, 0.2) is 11.6 Å². The lowest BCUT2D eigenvalue weighted by Gasteiger charge is -2.06. The topological polar surface area (TPSA) is 81.0 Å². The monoisotopic (exact) mass is 299 g/mol. The lowest BCUT2D eigenvalue weighted by Crippen LogP contribution is -2.08. The van der Waals surface area contributed by atoms with Crippen molar-refractivity contribution in [1.82, 2.24) is 9.97 Å². The van der Waals surface area contributed by atoms with E-state index in [1.54, 1.807) is 0 Å². The third kappa shape index (κ3) is 2.44. The number of aromatic amines is 1. The number of nitrogens with zero attached hydrogens (tertiary/aromatic N) is 1. The van der Waals surface area contributed by atoms with Crippen molar-refractivity contribution in [2.75, 3.05) is 5.73 Å². The average molecular weight is 300 g/mol. The summed E-state index contributed by atoms with van der Waals surface area (Å²) in [5, 5.41) is 0. The minimum Gasteiger partial charge on any atom is -0.435 e. The molecule has 2 rings (SSSR count). The standard InChI is InChI=1S/C10H7BrFN3O2/c11-8-9(16)14-4-15-10(8)17-7-2-1-5(13)3-6(7)12/h1-4H,13H2,(H,14,15,16). The molecule has 7 heteroatoms. The van der Waals surface area contributed by atoms with E-state index in [2.05, 4.69) is 25.9 Å². The number of ether oxygens (including phenoxy) is 1. The maximum Gasteiger partial charge on any atom is 0.268 e. The predicted octanol–water partition coefficient (Wildman–Crippen LogP) is 2.05. The number of nitrogens with two attached hydrogens (primary N) is 1. The fraction of sp³-hybridized carbons (Fsp3) is 0. The number of hydrogen-bond donors (Lipinski definition) is 2. The molecule has 0 spiro atoms. The van der Waals surface area contributed by atoms with Gasteiger partial charge in [-0.2, -0.15) is 0 Å². The van der Waals surface area contributed by atoms with Crippen molar-refractivity contribution in [2.24, 2.45) is 0 Å². The molecule has 0 radical (unpaired) electrons. The lowest BCUT2D eigenvalue weighted by atomic mass is 10.3. The average Bonchev–Trinajstić information content (AvgIpc) is 2.28. The number of hydrogen-bond acceptors (Lipinski definition) is 4. The molecule has 0 aliphatic rings. The minimum atomic E-state index is -0.626. The molecule has 1 aromatic carbocycles. The largest absolute Gasteiger partial charge is 0.435 e. The van der Waals surface area contributed by atoms with Crippen LogP contribution in [0.3, 0.4) is 0 Å². The molecule has 0 aliphatic carbocycles. The number of benzene rings is 1. The van der Waals surface area contributed by atoms with Crippen molar-refractivity contribution in [3.8, 4) is 11.6 Å². The van der Waals surface area contributed by atoms with Crippen LogP contribution in [-0.2, 0) is 0 Å². The Hall–Kier alpha value is -1.89. The molecule has 0 unspecified atom stereocenters. The van der Waals surface area contributed by atoms with Gasteiger partial charge in [0.05, 0.1) is 6.33 Å². The summed E-state index contributed by atoms with van der Waals surface area (Å²) in [6, 6.07) is 3.97. The van der Waals surface area contributed by atoms with Crippen molar-refractivity contribution in [3.63, 3.8) is 0 Å².